The lowest BCUT2D eigenvalue weighted by molar-refractivity contribution is -0.141. The van der Waals surface area contributed by atoms with Crippen LogP contribution in [0.5, 0.6) is 0 Å². The maximum absolute atomic E-state index is 13.0. The van der Waals surface area contributed by atoms with Crippen molar-refractivity contribution in [1.29, 1.82) is 0 Å². The largest absolute Gasteiger partial charge is 0.433 e. The molecule has 4 nitrogen and oxygen atoms in total. The van der Waals surface area contributed by atoms with Crippen LogP contribution in [-0.2, 0) is 19.3 Å². The topological polar surface area (TPSA) is 50.7 Å². The zero-order valence-corrected chi connectivity index (χ0v) is 9.70. The first-order valence-electron chi connectivity index (χ1n) is 5.64. The predicted molar refractivity (Wildman–Crippen MR) is 60.8 cm³/mol. The van der Waals surface area contributed by atoms with Crippen LogP contribution in [-0.4, -0.2) is 15.0 Å². The first-order chi connectivity index (χ1) is 9.05. The predicted octanol–water partition coefficient (Wildman–Crippen LogP) is 2.16. The fraction of sp³-hybridized carbons (Fsp3) is 0.250. The van der Waals surface area contributed by atoms with Gasteiger partial charge >= 0.3 is 6.18 Å². The summed E-state index contributed by atoms with van der Waals surface area (Å²) in [6, 6.07) is 3.18. The molecule has 0 aromatic carbocycles. The molecule has 3 heterocycles. The number of fused-ring (bicyclic) bond motifs is 1. The van der Waals surface area contributed by atoms with E-state index >= 15 is 0 Å². The molecule has 0 spiro atoms. The van der Waals surface area contributed by atoms with Gasteiger partial charge in [-0.15, -0.1) is 0 Å². The second-order valence-corrected chi connectivity index (χ2v) is 4.16. The Labute approximate surface area is 106 Å². The van der Waals surface area contributed by atoms with Crippen molar-refractivity contribution in [3.05, 3.63) is 41.5 Å². The molecule has 1 aliphatic heterocycles. The number of nitrogens with one attached hydrogen (secondary N) is 1. The van der Waals surface area contributed by atoms with Gasteiger partial charge in [-0.3, -0.25) is 4.98 Å². The molecule has 1 N–H and O–H groups in total. The molecular weight excluding hydrogens is 257 g/mol. The van der Waals surface area contributed by atoms with Crippen molar-refractivity contribution in [2.45, 2.75) is 19.3 Å². The van der Waals surface area contributed by atoms with Crippen LogP contribution in [0, 0.1) is 0 Å². The third kappa shape index (κ3) is 2.17. The van der Waals surface area contributed by atoms with Crippen molar-refractivity contribution < 1.29 is 13.2 Å². The summed E-state index contributed by atoms with van der Waals surface area (Å²) in [5.74, 6) is 0.0807. The highest BCUT2D eigenvalue weighted by Gasteiger charge is 2.38. The lowest BCUT2D eigenvalue weighted by Crippen LogP contribution is -2.14. The van der Waals surface area contributed by atoms with Crippen LogP contribution in [0.25, 0.3) is 11.4 Å². The first-order valence-corrected chi connectivity index (χ1v) is 5.64. The smallest absolute Gasteiger partial charge is 0.307 e. The van der Waals surface area contributed by atoms with Crippen molar-refractivity contribution >= 4 is 0 Å². The third-order valence-electron chi connectivity index (χ3n) is 2.89. The molecule has 2 aromatic rings. The average molecular weight is 266 g/mol. The van der Waals surface area contributed by atoms with E-state index in [9.17, 15) is 13.2 Å². The molecule has 0 radical (unpaired) electrons. The second kappa shape index (κ2) is 4.27. The van der Waals surface area contributed by atoms with Crippen LogP contribution in [0.4, 0.5) is 13.2 Å². The molecule has 3 rings (SSSR count). The van der Waals surface area contributed by atoms with Gasteiger partial charge in [-0.05, 0) is 12.1 Å². The number of aromatic nitrogens is 3. The maximum atomic E-state index is 13.0. The summed E-state index contributed by atoms with van der Waals surface area (Å²) in [5.41, 5.74) is 0.226. The zero-order chi connectivity index (χ0) is 13.5. The van der Waals surface area contributed by atoms with Crippen molar-refractivity contribution in [1.82, 2.24) is 20.3 Å². The van der Waals surface area contributed by atoms with Gasteiger partial charge in [0, 0.05) is 36.6 Å². The minimum absolute atomic E-state index is 0.0807. The van der Waals surface area contributed by atoms with Gasteiger partial charge in [0.2, 0.25) is 0 Å². The molecule has 0 amide bonds. The van der Waals surface area contributed by atoms with E-state index in [1.54, 1.807) is 12.1 Å². The average Bonchev–Trinajstić information content (AvgIpc) is 2.85. The highest BCUT2D eigenvalue weighted by molar-refractivity contribution is 5.55. The molecule has 0 bridgehead atoms. The van der Waals surface area contributed by atoms with Crippen molar-refractivity contribution in [2.24, 2.45) is 0 Å². The molecule has 0 fully saturated rings. The van der Waals surface area contributed by atoms with Gasteiger partial charge in [0.1, 0.15) is 0 Å². The number of halogens is 3. The van der Waals surface area contributed by atoms with Gasteiger partial charge in [-0.2, -0.15) is 13.2 Å². The molecule has 19 heavy (non-hydrogen) atoms. The molecule has 0 saturated heterocycles. The number of pyridine rings is 1. The Kier molecular flexibility index (Phi) is 2.70. The SMILES string of the molecule is FC(F)(F)c1nc(-c2ccncc2)nc2c1CNC2. The van der Waals surface area contributed by atoms with Crippen LogP contribution in [0.1, 0.15) is 17.0 Å². The molecule has 98 valence electrons. The van der Waals surface area contributed by atoms with Gasteiger partial charge in [0.25, 0.3) is 0 Å². The van der Waals surface area contributed by atoms with E-state index in [0.717, 1.165) is 0 Å². The summed E-state index contributed by atoms with van der Waals surface area (Å²) in [6.07, 6.45) is -1.48. The Morgan fingerprint density at radius 1 is 1.05 bits per heavy atom. The molecule has 2 aromatic heterocycles. The second-order valence-electron chi connectivity index (χ2n) is 4.16. The van der Waals surface area contributed by atoms with E-state index in [1.807, 2.05) is 0 Å². The van der Waals surface area contributed by atoms with E-state index in [-0.39, 0.29) is 17.9 Å². The van der Waals surface area contributed by atoms with Crippen molar-refractivity contribution in [3.63, 3.8) is 0 Å². The fourth-order valence-electron chi connectivity index (χ4n) is 2.03. The van der Waals surface area contributed by atoms with E-state index in [0.29, 0.717) is 17.8 Å². The van der Waals surface area contributed by atoms with Gasteiger partial charge in [-0.1, -0.05) is 0 Å². The summed E-state index contributed by atoms with van der Waals surface area (Å²) in [5, 5.41) is 2.86. The summed E-state index contributed by atoms with van der Waals surface area (Å²) in [7, 11) is 0. The molecule has 7 heteroatoms. The molecule has 1 aliphatic rings. The number of nitrogens with zero attached hydrogens (tertiary/aromatic N) is 3. The summed E-state index contributed by atoms with van der Waals surface area (Å²) >= 11 is 0. The Morgan fingerprint density at radius 2 is 1.79 bits per heavy atom. The number of rotatable bonds is 1. The number of hydrogen-bond donors (Lipinski definition) is 1. The summed E-state index contributed by atoms with van der Waals surface area (Å²) in [6.45, 7) is 0.486. The minimum atomic E-state index is -4.47. The fourth-order valence-corrected chi connectivity index (χ4v) is 2.03. The third-order valence-corrected chi connectivity index (χ3v) is 2.89. The van der Waals surface area contributed by atoms with E-state index in [2.05, 4.69) is 20.3 Å². The van der Waals surface area contributed by atoms with Crippen LogP contribution < -0.4 is 5.32 Å². The minimum Gasteiger partial charge on any atom is -0.307 e. The quantitative estimate of drug-likeness (QED) is 0.859. The van der Waals surface area contributed by atoms with E-state index in [1.165, 1.54) is 12.4 Å². The lowest BCUT2D eigenvalue weighted by Gasteiger charge is -2.12. The molecule has 0 atom stereocenters. The normalized spacial score (nSPS) is 14.5. The molecule has 0 aliphatic carbocycles. The van der Waals surface area contributed by atoms with Gasteiger partial charge in [0.15, 0.2) is 11.5 Å². The number of alkyl halides is 3. The Hall–Kier alpha value is -2.02. The monoisotopic (exact) mass is 266 g/mol. The highest BCUT2D eigenvalue weighted by atomic mass is 19.4. The maximum Gasteiger partial charge on any atom is 0.433 e. The van der Waals surface area contributed by atoms with Gasteiger partial charge < -0.3 is 5.32 Å². The standard InChI is InChI=1S/C12H9F3N4/c13-12(14,15)10-8-5-17-6-9(8)18-11(19-10)7-1-3-16-4-2-7/h1-4,17H,5-6H2. The van der Waals surface area contributed by atoms with Crippen LogP contribution in [0.15, 0.2) is 24.5 Å². The van der Waals surface area contributed by atoms with Crippen molar-refractivity contribution in [3.8, 4) is 11.4 Å². The van der Waals surface area contributed by atoms with E-state index < -0.39 is 11.9 Å². The van der Waals surface area contributed by atoms with Crippen LogP contribution in [0.3, 0.4) is 0 Å². The molecular formula is C12H9F3N4. The van der Waals surface area contributed by atoms with Gasteiger partial charge in [-0.25, -0.2) is 9.97 Å². The zero-order valence-electron chi connectivity index (χ0n) is 9.70. The number of hydrogen-bond acceptors (Lipinski definition) is 4. The van der Waals surface area contributed by atoms with Crippen LogP contribution in [0.2, 0.25) is 0 Å². The summed E-state index contributed by atoms with van der Waals surface area (Å²) < 4.78 is 39.0. The Balaban J connectivity index is 2.19. The Bertz CT molecular complexity index is 610. The first kappa shape index (κ1) is 12.0. The van der Waals surface area contributed by atoms with Crippen LogP contribution >= 0.6 is 0 Å². The molecule has 0 unspecified atom stereocenters. The van der Waals surface area contributed by atoms with Crippen molar-refractivity contribution in [2.75, 3.05) is 0 Å². The Morgan fingerprint density at radius 3 is 2.47 bits per heavy atom. The lowest BCUT2D eigenvalue weighted by atomic mass is 10.1. The summed E-state index contributed by atoms with van der Waals surface area (Å²) in [4.78, 5) is 11.7. The van der Waals surface area contributed by atoms with Gasteiger partial charge in [0.05, 0.1) is 5.69 Å². The highest BCUT2D eigenvalue weighted by Crippen LogP contribution is 2.34. The van der Waals surface area contributed by atoms with E-state index in [4.69, 9.17) is 0 Å². The molecule has 0 saturated carbocycles.